The Morgan fingerprint density at radius 3 is 2.39 bits per heavy atom. The second kappa shape index (κ2) is 8.74. The molecule has 11 heteroatoms. The molecule has 1 amide bonds. The van der Waals surface area contributed by atoms with E-state index in [0.29, 0.717) is 6.42 Å². The zero-order chi connectivity index (χ0) is 20.9. The number of nitrogens with zero attached hydrogens (tertiary/aromatic N) is 1. The number of ether oxygens (including phenoxy) is 1. The van der Waals surface area contributed by atoms with E-state index >= 15 is 0 Å². The minimum absolute atomic E-state index is 0.00712. The fraction of sp³-hybridized carbons (Fsp3) is 0.235. The number of carbonyl (C=O) groups is 1. The van der Waals surface area contributed by atoms with Gasteiger partial charge in [0.2, 0.25) is 0 Å². The molecule has 0 saturated heterocycles. The molecule has 0 aliphatic heterocycles. The number of nitro benzene ring substituents is 1. The van der Waals surface area contributed by atoms with E-state index in [-0.39, 0.29) is 22.8 Å². The fourth-order valence-corrected chi connectivity index (χ4v) is 2.97. The molecule has 0 unspecified atom stereocenters. The van der Waals surface area contributed by atoms with E-state index in [1.54, 1.807) is 12.1 Å². The van der Waals surface area contributed by atoms with E-state index in [2.05, 4.69) is 10.1 Å². The molecule has 0 aromatic heterocycles. The molecule has 150 valence electrons. The Balaban J connectivity index is 2.05. The topological polar surface area (TPSA) is 116 Å². The van der Waals surface area contributed by atoms with Gasteiger partial charge in [0.1, 0.15) is 5.75 Å². The average molecular weight is 414 g/mol. The van der Waals surface area contributed by atoms with Gasteiger partial charge in [0.05, 0.1) is 9.82 Å². The van der Waals surface area contributed by atoms with E-state index in [0.717, 1.165) is 30.0 Å². The van der Waals surface area contributed by atoms with E-state index < -0.39 is 33.0 Å². The highest BCUT2D eigenvalue weighted by Crippen LogP contribution is 2.21. The van der Waals surface area contributed by atoms with Crippen molar-refractivity contribution in [1.82, 2.24) is 5.32 Å². The maximum Gasteiger partial charge on any atom is 0.387 e. The molecule has 0 spiro atoms. The summed E-state index contributed by atoms with van der Waals surface area (Å²) in [4.78, 5) is 22.1. The van der Waals surface area contributed by atoms with Crippen LogP contribution in [0.4, 0.5) is 14.5 Å². The number of alkyl halides is 2. The van der Waals surface area contributed by atoms with E-state index in [1.807, 2.05) is 0 Å². The molecule has 28 heavy (non-hydrogen) atoms. The van der Waals surface area contributed by atoms with Crippen LogP contribution in [0.25, 0.3) is 0 Å². The first kappa shape index (κ1) is 21.2. The number of rotatable bonds is 8. The van der Waals surface area contributed by atoms with Crippen LogP contribution in [0.15, 0.2) is 47.4 Å². The Morgan fingerprint density at radius 2 is 1.86 bits per heavy atom. The number of carbonyl (C=O) groups excluding carboxylic acids is 1. The zero-order valence-corrected chi connectivity index (χ0v) is 15.4. The lowest BCUT2D eigenvalue weighted by Gasteiger charge is -2.08. The van der Waals surface area contributed by atoms with Crippen LogP contribution in [0.5, 0.6) is 5.75 Å². The summed E-state index contributed by atoms with van der Waals surface area (Å²) >= 11 is 0. The molecule has 0 atom stereocenters. The maximum atomic E-state index is 12.2. The molecule has 0 aliphatic rings. The molecule has 2 rings (SSSR count). The van der Waals surface area contributed by atoms with Crippen LogP contribution >= 0.6 is 0 Å². The Hall–Kier alpha value is -3.08. The fourth-order valence-electron chi connectivity index (χ4n) is 2.29. The summed E-state index contributed by atoms with van der Waals surface area (Å²) < 4.78 is 51.8. The van der Waals surface area contributed by atoms with Gasteiger partial charge in [-0.3, -0.25) is 14.9 Å². The second-order valence-corrected chi connectivity index (χ2v) is 7.79. The monoisotopic (exact) mass is 414 g/mol. The third-order valence-corrected chi connectivity index (χ3v) is 4.73. The number of sulfone groups is 1. The summed E-state index contributed by atoms with van der Waals surface area (Å²) in [6, 6.07) is 8.77. The molecule has 0 heterocycles. The van der Waals surface area contributed by atoms with Crippen LogP contribution in [-0.2, 0) is 16.3 Å². The highest BCUT2D eigenvalue weighted by Gasteiger charge is 2.19. The first-order valence-corrected chi connectivity index (χ1v) is 9.77. The Bertz CT molecular complexity index is 978. The molecule has 0 radical (unpaired) electrons. The van der Waals surface area contributed by atoms with E-state index in [1.165, 1.54) is 12.1 Å². The summed E-state index contributed by atoms with van der Waals surface area (Å²) in [5.41, 5.74) is 0.0655. The van der Waals surface area contributed by atoms with Crippen molar-refractivity contribution in [3.05, 3.63) is 63.7 Å². The van der Waals surface area contributed by atoms with Gasteiger partial charge >= 0.3 is 6.61 Å². The van der Waals surface area contributed by atoms with Crippen molar-refractivity contribution in [2.45, 2.75) is 17.9 Å². The summed E-state index contributed by atoms with van der Waals surface area (Å²) in [7, 11) is -3.74. The first-order chi connectivity index (χ1) is 13.1. The molecule has 8 nitrogen and oxygen atoms in total. The van der Waals surface area contributed by atoms with Crippen molar-refractivity contribution in [3.63, 3.8) is 0 Å². The number of non-ortho nitro benzene ring substituents is 1. The van der Waals surface area contributed by atoms with Crippen LogP contribution in [0.2, 0.25) is 0 Å². The number of amides is 1. The number of hydrogen-bond donors (Lipinski definition) is 1. The third kappa shape index (κ3) is 5.98. The normalized spacial score (nSPS) is 11.3. The molecule has 0 saturated carbocycles. The lowest BCUT2D eigenvalue weighted by atomic mass is 10.1. The molecule has 2 aromatic rings. The number of benzene rings is 2. The lowest BCUT2D eigenvalue weighted by molar-refractivity contribution is -0.385. The number of hydrogen-bond acceptors (Lipinski definition) is 6. The highest BCUT2D eigenvalue weighted by atomic mass is 32.2. The van der Waals surface area contributed by atoms with Crippen LogP contribution in [-0.4, -0.2) is 38.7 Å². The van der Waals surface area contributed by atoms with Crippen molar-refractivity contribution >= 4 is 21.4 Å². The van der Waals surface area contributed by atoms with Gasteiger partial charge in [-0.1, -0.05) is 12.1 Å². The van der Waals surface area contributed by atoms with Crippen LogP contribution in [0, 0.1) is 10.1 Å². The Kier molecular flexibility index (Phi) is 6.62. The van der Waals surface area contributed by atoms with Gasteiger partial charge in [0.15, 0.2) is 9.84 Å². The maximum absolute atomic E-state index is 12.2. The van der Waals surface area contributed by atoms with Gasteiger partial charge in [-0.2, -0.15) is 8.78 Å². The quantitative estimate of drug-likeness (QED) is 0.524. The molecule has 2 aromatic carbocycles. The minimum Gasteiger partial charge on any atom is -0.435 e. The predicted octanol–water partition coefficient (Wildman–Crippen LogP) is 2.57. The van der Waals surface area contributed by atoms with Gasteiger partial charge in [-0.25, -0.2) is 8.42 Å². The lowest BCUT2D eigenvalue weighted by Crippen LogP contribution is -2.26. The Labute approximate surface area is 159 Å². The van der Waals surface area contributed by atoms with Crippen molar-refractivity contribution in [3.8, 4) is 5.75 Å². The summed E-state index contributed by atoms with van der Waals surface area (Å²) in [5.74, 6) is -0.668. The zero-order valence-electron chi connectivity index (χ0n) is 14.6. The van der Waals surface area contributed by atoms with Gasteiger partial charge in [-0.05, 0) is 30.2 Å². The molecule has 0 aliphatic carbocycles. The van der Waals surface area contributed by atoms with Crippen LogP contribution < -0.4 is 10.1 Å². The van der Waals surface area contributed by atoms with E-state index in [9.17, 15) is 32.1 Å². The second-order valence-electron chi connectivity index (χ2n) is 5.77. The van der Waals surface area contributed by atoms with Gasteiger partial charge < -0.3 is 10.1 Å². The van der Waals surface area contributed by atoms with E-state index in [4.69, 9.17) is 0 Å². The molecule has 0 bridgehead atoms. The summed E-state index contributed by atoms with van der Waals surface area (Å²) in [6.07, 6.45) is 1.24. The van der Waals surface area contributed by atoms with Crippen molar-refractivity contribution in [1.29, 1.82) is 0 Å². The predicted molar refractivity (Wildman–Crippen MR) is 95.3 cm³/mol. The third-order valence-electron chi connectivity index (χ3n) is 3.64. The van der Waals surface area contributed by atoms with Gasteiger partial charge in [0.25, 0.3) is 11.6 Å². The molecular formula is C17H16F2N2O6S. The SMILES string of the molecule is CS(=O)(=O)c1cc(C(=O)NCCc2ccc(OC(F)F)cc2)cc([N+](=O)[O-])c1. The largest absolute Gasteiger partial charge is 0.435 e. The Morgan fingerprint density at radius 1 is 1.21 bits per heavy atom. The van der Waals surface area contributed by atoms with Crippen molar-refractivity contribution < 1.29 is 31.7 Å². The number of nitro groups is 1. The minimum atomic E-state index is -3.74. The highest BCUT2D eigenvalue weighted by molar-refractivity contribution is 7.90. The van der Waals surface area contributed by atoms with Crippen LogP contribution in [0.3, 0.4) is 0 Å². The molecule has 1 N–H and O–H groups in total. The first-order valence-electron chi connectivity index (χ1n) is 7.88. The summed E-state index contributed by atoms with van der Waals surface area (Å²) in [6.45, 7) is -2.78. The number of halogens is 2. The van der Waals surface area contributed by atoms with Gasteiger partial charge in [-0.15, -0.1) is 0 Å². The number of nitrogens with one attached hydrogen (secondary N) is 1. The van der Waals surface area contributed by atoms with Gasteiger partial charge in [0, 0.05) is 30.5 Å². The van der Waals surface area contributed by atoms with Crippen molar-refractivity contribution in [2.24, 2.45) is 0 Å². The van der Waals surface area contributed by atoms with Crippen LogP contribution in [0.1, 0.15) is 15.9 Å². The summed E-state index contributed by atoms with van der Waals surface area (Å²) in [5, 5.41) is 13.5. The standard InChI is InChI=1S/C17H16F2N2O6S/c1-28(25,26)15-9-12(8-13(10-15)21(23)24)16(22)20-7-6-11-2-4-14(5-3-11)27-17(18)19/h2-5,8-10,17H,6-7H2,1H3,(H,20,22). The molecule has 0 fully saturated rings. The average Bonchev–Trinajstić information content (AvgIpc) is 2.61. The smallest absolute Gasteiger partial charge is 0.387 e. The molecular weight excluding hydrogens is 398 g/mol. The van der Waals surface area contributed by atoms with Crippen molar-refractivity contribution in [2.75, 3.05) is 12.8 Å².